The Morgan fingerprint density at radius 1 is 1.19 bits per heavy atom. The average molecular weight is 386 g/mol. The number of hydrogen-bond donors (Lipinski definition) is 1. The second kappa shape index (κ2) is 8.39. The number of aromatic nitrogens is 4. The van der Waals surface area contributed by atoms with Crippen LogP contribution in [0, 0.1) is 6.92 Å². The Morgan fingerprint density at radius 3 is 2.56 bits per heavy atom. The molecule has 0 aliphatic carbocycles. The number of benzene rings is 1. The summed E-state index contributed by atoms with van der Waals surface area (Å²) in [6.07, 6.45) is 6.28. The van der Waals surface area contributed by atoms with Crippen molar-refractivity contribution in [1.82, 2.24) is 24.9 Å². The van der Waals surface area contributed by atoms with Gasteiger partial charge in [0.15, 0.2) is 0 Å². The van der Waals surface area contributed by atoms with Gasteiger partial charge in [0.2, 0.25) is 0 Å². The van der Waals surface area contributed by atoms with Crippen molar-refractivity contribution in [3.05, 3.63) is 64.7 Å². The SMILES string of the molecule is Cc1cnn(CCCNC(=O)c2cnn(-c3ccc(Cl)cc3)c2C(C)C)c1. The van der Waals surface area contributed by atoms with E-state index >= 15 is 0 Å². The molecular formula is C20H24ClN5O. The van der Waals surface area contributed by atoms with Gasteiger partial charge in [0.25, 0.3) is 5.91 Å². The summed E-state index contributed by atoms with van der Waals surface area (Å²) in [5.41, 5.74) is 3.51. The van der Waals surface area contributed by atoms with E-state index in [1.807, 2.05) is 52.9 Å². The molecule has 3 aromatic rings. The zero-order chi connectivity index (χ0) is 19.4. The molecule has 0 unspecified atom stereocenters. The molecule has 0 fully saturated rings. The minimum Gasteiger partial charge on any atom is -0.352 e. The third-order valence-corrected chi connectivity index (χ3v) is 4.53. The van der Waals surface area contributed by atoms with Gasteiger partial charge in [0, 0.05) is 24.3 Å². The van der Waals surface area contributed by atoms with Crippen LogP contribution in [0.5, 0.6) is 0 Å². The van der Waals surface area contributed by atoms with Crippen molar-refractivity contribution in [2.45, 2.75) is 39.7 Å². The van der Waals surface area contributed by atoms with E-state index in [1.54, 1.807) is 6.20 Å². The lowest BCUT2D eigenvalue weighted by Gasteiger charge is -2.13. The van der Waals surface area contributed by atoms with Crippen LogP contribution in [0.3, 0.4) is 0 Å². The number of nitrogens with one attached hydrogen (secondary N) is 1. The maximum absolute atomic E-state index is 12.7. The Labute approximate surface area is 164 Å². The summed E-state index contributed by atoms with van der Waals surface area (Å²) in [4.78, 5) is 12.7. The van der Waals surface area contributed by atoms with E-state index in [2.05, 4.69) is 29.4 Å². The van der Waals surface area contributed by atoms with Crippen LogP contribution >= 0.6 is 11.6 Å². The number of amides is 1. The van der Waals surface area contributed by atoms with Crippen LogP contribution in [0.2, 0.25) is 5.02 Å². The Balaban J connectivity index is 1.68. The maximum atomic E-state index is 12.7. The summed E-state index contributed by atoms with van der Waals surface area (Å²) >= 11 is 5.97. The molecular weight excluding hydrogens is 362 g/mol. The van der Waals surface area contributed by atoms with E-state index in [-0.39, 0.29) is 11.8 Å². The van der Waals surface area contributed by atoms with Crippen LogP contribution < -0.4 is 5.32 Å². The molecule has 0 radical (unpaired) electrons. The lowest BCUT2D eigenvalue weighted by molar-refractivity contribution is 0.0951. The van der Waals surface area contributed by atoms with E-state index in [0.29, 0.717) is 17.1 Å². The Bertz CT molecular complexity index is 911. The zero-order valence-corrected chi connectivity index (χ0v) is 16.6. The van der Waals surface area contributed by atoms with E-state index < -0.39 is 0 Å². The van der Waals surface area contributed by atoms with Crippen molar-refractivity contribution in [3.8, 4) is 5.69 Å². The largest absolute Gasteiger partial charge is 0.352 e. The van der Waals surface area contributed by atoms with Crippen molar-refractivity contribution in [2.24, 2.45) is 0 Å². The minimum atomic E-state index is -0.101. The highest BCUT2D eigenvalue weighted by molar-refractivity contribution is 6.30. The summed E-state index contributed by atoms with van der Waals surface area (Å²) in [5, 5.41) is 12.3. The van der Waals surface area contributed by atoms with Crippen LogP contribution in [0.25, 0.3) is 5.69 Å². The third kappa shape index (κ3) is 4.57. The average Bonchev–Trinajstić information content (AvgIpc) is 3.25. The Hall–Kier alpha value is -2.60. The molecule has 7 heteroatoms. The molecule has 0 atom stereocenters. The van der Waals surface area contributed by atoms with Crippen LogP contribution in [0.1, 0.15) is 47.8 Å². The molecule has 1 N–H and O–H groups in total. The maximum Gasteiger partial charge on any atom is 0.254 e. The summed E-state index contributed by atoms with van der Waals surface area (Å²) in [7, 11) is 0. The highest BCUT2D eigenvalue weighted by Crippen LogP contribution is 2.24. The summed E-state index contributed by atoms with van der Waals surface area (Å²) in [6.45, 7) is 7.48. The highest BCUT2D eigenvalue weighted by Gasteiger charge is 2.20. The van der Waals surface area contributed by atoms with Gasteiger partial charge < -0.3 is 5.32 Å². The number of hydrogen-bond acceptors (Lipinski definition) is 3. The van der Waals surface area contributed by atoms with Gasteiger partial charge in [0.1, 0.15) is 0 Å². The van der Waals surface area contributed by atoms with E-state index in [9.17, 15) is 4.79 Å². The molecule has 0 aliphatic heterocycles. The Morgan fingerprint density at radius 2 is 1.93 bits per heavy atom. The predicted octanol–water partition coefficient (Wildman–Crippen LogP) is 3.97. The number of halogens is 1. The van der Waals surface area contributed by atoms with Gasteiger partial charge in [0.05, 0.1) is 29.3 Å². The molecule has 1 amide bonds. The number of rotatable bonds is 7. The van der Waals surface area contributed by atoms with Crippen LogP contribution in [-0.2, 0) is 6.54 Å². The number of carbonyl (C=O) groups excluding carboxylic acids is 1. The lowest BCUT2D eigenvalue weighted by Crippen LogP contribution is -2.26. The molecule has 27 heavy (non-hydrogen) atoms. The van der Waals surface area contributed by atoms with Crippen molar-refractivity contribution in [2.75, 3.05) is 6.54 Å². The number of aryl methyl sites for hydroxylation is 2. The summed E-state index contributed by atoms with van der Waals surface area (Å²) < 4.78 is 3.70. The van der Waals surface area contributed by atoms with Crippen LogP contribution in [0.15, 0.2) is 42.9 Å². The third-order valence-electron chi connectivity index (χ3n) is 4.28. The van der Waals surface area contributed by atoms with Gasteiger partial charge >= 0.3 is 0 Å². The molecule has 0 saturated carbocycles. The van der Waals surface area contributed by atoms with E-state index in [4.69, 9.17) is 11.6 Å². The molecule has 0 spiro atoms. The fraction of sp³-hybridized carbons (Fsp3) is 0.350. The van der Waals surface area contributed by atoms with Gasteiger partial charge in [-0.2, -0.15) is 10.2 Å². The first-order valence-electron chi connectivity index (χ1n) is 9.07. The minimum absolute atomic E-state index is 0.101. The predicted molar refractivity (Wildman–Crippen MR) is 107 cm³/mol. The lowest BCUT2D eigenvalue weighted by atomic mass is 10.0. The molecule has 0 aliphatic rings. The topological polar surface area (TPSA) is 64.7 Å². The second-order valence-electron chi connectivity index (χ2n) is 6.88. The van der Waals surface area contributed by atoms with E-state index in [0.717, 1.165) is 29.9 Å². The van der Waals surface area contributed by atoms with Crippen LogP contribution in [0.4, 0.5) is 0 Å². The fourth-order valence-corrected chi connectivity index (χ4v) is 3.13. The standard InChI is InChI=1S/C20H24ClN5O/c1-14(2)19-18(12-24-26(19)17-7-5-16(21)6-8-17)20(27)22-9-4-10-25-13-15(3)11-23-25/h5-8,11-14H,4,9-10H2,1-3H3,(H,22,27). The zero-order valence-electron chi connectivity index (χ0n) is 15.8. The number of nitrogens with zero attached hydrogens (tertiary/aromatic N) is 4. The summed E-state index contributed by atoms with van der Waals surface area (Å²) in [6, 6.07) is 7.43. The molecule has 3 rings (SSSR count). The van der Waals surface area contributed by atoms with Gasteiger partial charge in [-0.1, -0.05) is 25.4 Å². The first-order valence-corrected chi connectivity index (χ1v) is 9.44. The van der Waals surface area contributed by atoms with Crippen molar-refractivity contribution in [1.29, 1.82) is 0 Å². The molecule has 2 heterocycles. The highest BCUT2D eigenvalue weighted by atomic mass is 35.5. The molecule has 0 bridgehead atoms. The van der Waals surface area contributed by atoms with Gasteiger partial charge in [-0.05, 0) is 49.1 Å². The quantitative estimate of drug-likeness (QED) is 0.626. The monoisotopic (exact) mass is 385 g/mol. The first-order chi connectivity index (χ1) is 13.0. The molecule has 0 saturated heterocycles. The van der Waals surface area contributed by atoms with Crippen molar-refractivity contribution in [3.63, 3.8) is 0 Å². The second-order valence-corrected chi connectivity index (χ2v) is 7.31. The first kappa shape index (κ1) is 19.2. The van der Waals surface area contributed by atoms with Crippen LogP contribution in [-0.4, -0.2) is 32.0 Å². The van der Waals surface area contributed by atoms with Crippen molar-refractivity contribution < 1.29 is 4.79 Å². The Kier molecular flexibility index (Phi) is 5.96. The molecule has 2 aromatic heterocycles. The molecule has 142 valence electrons. The number of carbonyl (C=O) groups is 1. The normalized spacial score (nSPS) is 11.1. The fourth-order valence-electron chi connectivity index (χ4n) is 3.00. The molecule has 6 nitrogen and oxygen atoms in total. The van der Waals surface area contributed by atoms with Gasteiger partial charge in [-0.3, -0.25) is 9.48 Å². The smallest absolute Gasteiger partial charge is 0.254 e. The van der Waals surface area contributed by atoms with Crippen molar-refractivity contribution >= 4 is 17.5 Å². The van der Waals surface area contributed by atoms with Gasteiger partial charge in [-0.15, -0.1) is 0 Å². The van der Waals surface area contributed by atoms with Gasteiger partial charge in [-0.25, -0.2) is 4.68 Å². The summed E-state index contributed by atoms with van der Waals surface area (Å²) in [5.74, 6) is 0.0477. The molecule has 1 aromatic carbocycles. The van der Waals surface area contributed by atoms with E-state index in [1.165, 1.54) is 0 Å².